The van der Waals surface area contributed by atoms with Crippen LogP contribution >= 0.6 is 11.8 Å². The normalized spacial score (nSPS) is 21.0. The lowest BCUT2D eigenvalue weighted by atomic mass is 9.72. The van der Waals surface area contributed by atoms with E-state index in [0.717, 1.165) is 17.0 Å². The van der Waals surface area contributed by atoms with Gasteiger partial charge in [0.25, 0.3) is 5.56 Å². The Bertz CT molecular complexity index is 965. The minimum Gasteiger partial charge on any atom is -0.494 e. The number of nitrogens with one attached hydrogen (secondary N) is 2. The van der Waals surface area contributed by atoms with Gasteiger partial charge in [-0.2, -0.15) is 0 Å². The van der Waals surface area contributed by atoms with Crippen LogP contribution in [0.5, 0.6) is 5.75 Å². The molecule has 0 saturated heterocycles. The van der Waals surface area contributed by atoms with Crippen LogP contribution in [0, 0.1) is 5.92 Å². The summed E-state index contributed by atoms with van der Waals surface area (Å²) in [4.78, 5) is 33.0. The van der Waals surface area contributed by atoms with Crippen LogP contribution in [0.2, 0.25) is 0 Å². The van der Waals surface area contributed by atoms with Crippen molar-refractivity contribution in [2.24, 2.45) is 5.92 Å². The van der Waals surface area contributed by atoms with E-state index in [1.165, 1.54) is 11.8 Å². The van der Waals surface area contributed by atoms with Gasteiger partial charge in [0, 0.05) is 18.0 Å². The smallest absolute Gasteiger partial charge is 0.257 e. The summed E-state index contributed by atoms with van der Waals surface area (Å²) in [6.45, 7) is 2.52. The first-order valence-electron chi connectivity index (χ1n) is 9.03. The summed E-state index contributed by atoms with van der Waals surface area (Å²) in [5.74, 6) is 0.721. The molecular weight excluding hydrogens is 362 g/mol. The molecule has 2 N–H and O–H groups in total. The second kappa shape index (κ2) is 7.23. The fourth-order valence-electron chi connectivity index (χ4n) is 3.86. The van der Waals surface area contributed by atoms with E-state index in [9.17, 15) is 9.59 Å². The summed E-state index contributed by atoms with van der Waals surface area (Å²) in [5.41, 5.74) is 2.09. The van der Waals surface area contributed by atoms with E-state index in [4.69, 9.17) is 4.74 Å². The number of fused-ring (bicyclic) bond motifs is 2. The van der Waals surface area contributed by atoms with E-state index >= 15 is 0 Å². The fraction of sp³-hybridized carbons (Fsp3) is 0.350. The van der Waals surface area contributed by atoms with Gasteiger partial charge >= 0.3 is 0 Å². The van der Waals surface area contributed by atoms with Crippen LogP contribution in [0.3, 0.4) is 0 Å². The molecule has 2 aliphatic rings. The topological polar surface area (TPSA) is 84.1 Å². The third-order valence-corrected chi connectivity index (χ3v) is 5.60. The lowest BCUT2D eigenvalue weighted by Gasteiger charge is -2.36. The summed E-state index contributed by atoms with van der Waals surface area (Å²) in [5, 5.41) is 3.80. The second-order valence-electron chi connectivity index (χ2n) is 6.58. The van der Waals surface area contributed by atoms with Gasteiger partial charge in [-0.15, -0.1) is 0 Å². The number of carbonyl (C=O) groups is 1. The van der Waals surface area contributed by atoms with Crippen molar-refractivity contribution in [3.05, 3.63) is 57.5 Å². The van der Waals surface area contributed by atoms with Crippen LogP contribution in [-0.4, -0.2) is 28.6 Å². The highest BCUT2D eigenvalue weighted by Crippen LogP contribution is 2.45. The van der Waals surface area contributed by atoms with Gasteiger partial charge in [-0.25, -0.2) is 4.98 Å². The number of benzene rings is 1. The van der Waals surface area contributed by atoms with E-state index in [-0.39, 0.29) is 23.2 Å². The molecule has 6 nitrogen and oxygen atoms in total. The van der Waals surface area contributed by atoms with E-state index in [0.29, 0.717) is 36.0 Å². The standard InChI is InChI=1S/C20H21N3O3S/c1-3-26-12-9-7-11(8-10-12)15-16-13(5-4-6-14(16)24)21-18-17(15)19(25)23-20(22-18)27-2/h5,7-10,15-16H,3-4,6H2,1-2H3,(H2,21,22,23,25)/t15-,16-/m0/s1. The third kappa shape index (κ3) is 3.16. The molecule has 2 heterocycles. The number of aromatic nitrogens is 2. The van der Waals surface area contributed by atoms with Crippen LogP contribution in [0.1, 0.15) is 36.8 Å². The first kappa shape index (κ1) is 17.9. The number of anilines is 1. The predicted molar refractivity (Wildman–Crippen MR) is 106 cm³/mol. The molecule has 0 unspecified atom stereocenters. The number of ketones is 1. The number of aromatic amines is 1. The van der Waals surface area contributed by atoms with Crippen molar-refractivity contribution in [1.29, 1.82) is 0 Å². The Labute approximate surface area is 161 Å². The molecule has 0 fully saturated rings. The minimum atomic E-state index is -0.382. The van der Waals surface area contributed by atoms with E-state index in [1.807, 2.05) is 37.4 Å². The lowest BCUT2D eigenvalue weighted by molar-refractivity contribution is -0.122. The highest BCUT2D eigenvalue weighted by Gasteiger charge is 2.42. The number of allylic oxidation sites excluding steroid dienone is 2. The monoisotopic (exact) mass is 383 g/mol. The number of hydrogen-bond donors (Lipinski definition) is 2. The Kier molecular flexibility index (Phi) is 4.78. The zero-order valence-corrected chi connectivity index (χ0v) is 16.1. The Morgan fingerprint density at radius 3 is 2.70 bits per heavy atom. The lowest BCUT2D eigenvalue weighted by Crippen LogP contribution is -2.38. The van der Waals surface area contributed by atoms with Gasteiger partial charge in [0.1, 0.15) is 17.4 Å². The summed E-state index contributed by atoms with van der Waals surface area (Å²) in [7, 11) is 0. The first-order chi connectivity index (χ1) is 13.1. The molecule has 1 aliphatic carbocycles. The third-order valence-electron chi connectivity index (χ3n) is 5.02. The molecule has 0 radical (unpaired) electrons. The molecule has 1 aliphatic heterocycles. The van der Waals surface area contributed by atoms with Gasteiger partial charge in [0.05, 0.1) is 18.1 Å². The van der Waals surface area contributed by atoms with E-state index in [1.54, 1.807) is 0 Å². The SMILES string of the molecule is CCOc1ccc([C@@H]2c3c(nc(SC)[nH]c3=O)NC3=CCCC(=O)[C@H]32)cc1. The number of nitrogens with zero attached hydrogens (tertiary/aromatic N) is 1. The largest absolute Gasteiger partial charge is 0.494 e. The maximum atomic E-state index is 12.9. The van der Waals surface area contributed by atoms with Gasteiger partial charge in [-0.05, 0) is 37.3 Å². The quantitative estimate of drug-likeness (QED) is 0.622. The van der Waals surface area contributed by atoms with Crippen molar-refractivity contribution >= 4 is 23.4 Å². The number of ether oxygens (including phenoxy) is 1. The van der Waals surface area contributed by atoms with Crippen molar-refractivity contribution in [3.8, 4) is 5.75 Å². The molecule has 0 amide bonds. The Hall–Kier alpha value is -2.54. The zero-order chi connectivity index (χ0) is 19.0. The molecule has 0 spiro atoms. The second-order valence-corrected chi connectivity index (χ2v) is 7.38. The van der Waals surface area contributed by atoms with Gasteiger partial charge in [-0.1, -0.05) is 30.0 Å². The zero-order valence-electron chi connectivity index (χ0n) is 15.2. The van der Waals surface area contributed by atoms with Crippen LogP contribution < -0.4 is 15.6 Å². The average Bonchev–Trinajstić information content (AvgIpc) is 2.67. The number of rotatable bonds is 4. The van der Waals surface area contributed by atoms with Crippen molar-refractivity contribution < 1.29 is 9.53 Å². The fourth-order valence-corrected chi connectivity index (χ4v) is 4.24. The number of carbonyl (C=O) groups excluding carboxylic acids is 1. The highest BCUT2D eigenvalue weighted by molar-refractivity contribution is 7.98. The van der Waals surface area contributed by atoms with E-state index in [2.05, 4.69) is 21.4 Å². The molecule has 140 valence electrons. The van der Waals surface area contributed by atoms with Gasteiger partial charge in [0.15, 0.2) is 5.16 Å². The molecular formula is C20H21N3O3S. The molecule has 1 aromatic heterocycles. The van der Waals surface area contributed by atoms with Crippen LogP contribution in [0.15, 0.2) is 46.0 Å². The van der Waals surface area contributed by atoms with Crippen molar-refractivity contribution in [1.82, 2.24) is 9.97 Å². The molecule has 7 heteroatoms. The average molecular weight is 383 g/mol. The summed E-state index contributed by atoms with van der Waals surface area (Å²) >= 11 is 1.38. The summed E-state index contributed by atoms with van der Waals surface area (Å²) in [6.07, 6.45) is 5.12. The molecule has 4 rings (SSSR count). The number of hydrogen-bond acceptors (Lipinski definition) is 6. The summed E-state index contributed by atoms with van der Waals surface area (Å²) in [6, 6.07) is 7.64. The van der Waals surface area contributed by atoms with Crippen molar-refractivity contribution in [2.45, 2.75) is 30.8 Å². The maximum absolute atomic E-state index is 12.9. The van der Waals surface area contributed by atoms with Gasteiger partial charge in [-0.3, -0.25) is 9.59 Å². The first-order valence-corrected chi connectivity index (χ1v) is 10.3. The van der Waals surface area contributed by atoms with Crippen LogP contribution in [0.25, 0.3) is 0 Å². The number of Topliss-reactive ketones (excluding diaryl/α,β-unsaturated/α-hetero) is 1. The maximum Gasteiger partial charge on any atom is 0.257 e. The Balaban J connectivity index is 1.89. The summed E-state index contributed by atoms with van der Waals surface area (Å²) < 4.78 is 5.53. The Morgan fingerprint density at radius 1 is 1.22 bits per heavy atom. The van der Waals surface area contributed by atoms with Gasteiger partial charge < -0.3 is 15.0 Å². The molecule has 27 heavy (non-hydrogen) atoms. The highest BCUT2D eigenvalue weighted by atomic mass is 32.2. The van der Waals surface area contributed by atoms with Crippen molar-refractivity contribution in [2.75, 3.05) is 18.2 Å². The predicted octanol–water partition coefficient (Wildman–Crippen LogP) is 3.31. The molecule has 2 atom stereocenters. The molecule has 0 bridgehead atoms. The number of thioether (sulfide) groups is 1. The van der Waals surface area contributed by atoms with Crippen molar-refractivity contribution in [3.63, 3.8) is 0 Å². The molecule has 1 aromatic carbocycles. The van der Waals surface area contributed by atoms with Gasteiger partial charge in [0.2, 0.25) is 0 Å². The minimum absolute atomic E-state index is 0.151. The number of H-pyrrole nitrogens is 1. The van der Waals surface area contributed by atoms with Crippen LogP contribution in [0.4, 0.5) is 5.82 Å². The molecule has 0 saturated carbocycles. The van der Waals surface area contributed by atoms with Crippen LogP contribution in [-0.2, 0) is 4.79 Å². The Morgan fingerprint density at radius 2 is 2.00 bits per heavy atom. The van der Waals surface area contributed by atoms with E-state index < -0.39 is 0 Å². The molecule has 2 aromatic rings.